The lowest BCUT2D eigenvalue weighted by molar-refractivity contribution is 1.03. The molecule has 4 aromatic heterocycles. The minimum atomic E-state index is 0.744. The number of nitrogens with zero attached hydrogens (tertiary/aromatic N) is 4. The Morgan fingerprint density at radius 1 is 0.509 bits per heavy atom. The number of aromatic nitrogens is 4. The van der Waals surface area contributed by atoms with Gasteiger partial charge in [0.25, 0.3) is 0 Å². The van der Waals surface area contributed by atoms with Gasteiger partial charge in [0.15, 0.2) is 5.82 Å². The minimum Gasteiger partial charge on any atom is -0.308 e. The Morgan fingerprint density at radius 3 is 1.92 bits per heavy atom. The van der Waals surface area contributed by atoms with Gasteiger partial charge in [-0.3, -0.25) is 4.57 Å². The van der Waals surface area contributed by atoms with Crippen molar-refractivity contribution in [2.24, 2.45) is 0 Å². The molecule has 4 heteroatoms. The van der Waals surface area contributed by atoms with Crippen LogP contribution in [0.1, 0.15) is 18.3 Å². The first-order chi connectivity index (χ1) is 26.2. The molecule has 53 heavy (non-hydrogen) atoms. The van der Waals surface area contributed by atoms with Crippen molar-refractivity contribution < 1.29 is 0 Å². The molecule has 0 N–H and O–H groups in total. The van der Waals surface area contributed by atoms with Crippen molar-refractivity contribution in [2.75, 3.05) is 0 Å². The van der Waals surface area contributed by atoms with E-state index in [9.17, 15) is 0 Å². The number of hydrogen-bond acceptors (Lipinski definition) is 2. The lowest BCUT2D eigenvalue weighted by Crippen LogP contribution is -2.06. The number of rotatable bonds is 5. The Labute approximate surface area is 305 Å². The molecule has 11 rings (SSSR count). The highest BCUT2D eigenvalue weighted by Gasteiger charge is 2.25. The zero-order valence-electron chi connectivity index (χ0n) is 29.1. The molecule has 0 atom stereocenters. The Balaban J connectivity index is 1.24. The summed E-state index contributed by atoms with van der Waals surface area (Å²) in [4.78, 5) is 10.8. The molecule has 0 spiro atoms. The quantitative estimate of drug-likeness (QED) is 0.182. The number of fused-ring (bicyclic) bond motifs is 7. The van der Waals surface area contributed by atoms with E-state index in [4.69, 9.17) is 9.97 Å². The van der Waals surface area contributed by atoms with Gasteiger partial charge in [0.2, 0.25) is 0 Å². The van der Waals surface area contributed by atoms with Crippen LogP contribution in [0.15, 0.2) is 158 Å². The Morgan fingerprint density at radius 2 is 1.15 bits per heavy atom. The highest BCUT2D eigenvalue weighted by Crippen LogP contribution is 2.46. The van der Waals surface area contributed by atoms with E-state index in [0.717, 1.165) is 45.1 Å². The van der Waals surface area contributed by atoms with Crippen molar-refractivity contribution in [3.8, 4) is 28.2 Å². The SMILES string of the molecule is C=Cc1nc(-n2c3cccc4c5ccccc5n5c6ccccc6c6ccc2c(c43)c65)c(-c2ccc(-c3ccc4ccccc4c3)cc2)nc1/C=C\C. The van der Waals surface area contributed by atoms with Crippen LogP contribution in [0.4, 0.5) is 0 Å². The lowest BCUT2D eigenvalue weighted by atomic mass is 9.99. The average molecular weight is 677 g/mol. The number of benzene rings is 7. The van der Waals surface area contributed by atoms with Crippen LogP contribution in [0.5, 0.6) is 0 Å². The van der Waals surface area contributed by atoms with Crippen molar-refractivity contribution >= 4 is 82.8 Å². The Kier molecular flexibility index (Phi) is 6.29. The van der Waals surface area contributed by atoms with Crippen LogP contribution in [0.2, 0.25) is 0 Å². The van der Waals surface area contributed by atoms with Crippen molar-refractivity contribution in [1.29, 1.82) is 0 Å². The summed E-state index contributed by atoms with van der Waals surface area (Å²) in [5.74, 6) is 0.777. The summed E-state index contributed by atoms with van der Waals surface area (Å²) in [6.07, 6.45) is 5.84. The van der Waals surface area contributed by atoms with E-state index in [1.807, 2.05) is 25.2 Å². The Bertz CT molecular complexity index is 3300. The molecule has 0 radical (unpaired) electrons. The standard InChI is InChI=1S/C49H32N4/c1-3-12-40-39(4-2)51-49(47(50-40)32-24-21-31(22-25-32)34-26-23-30-13-5-6-14-33(30)29-34)53-43-20-11-17-37-35-15-7-9-18-41(35)52-42-19-10-8-16-36(42)38-27-28-44(53)46(45(37)43)48(38)52/h3-29H,2H2,1H3/b12-3-. The van der Waals surface area contributed by atoms with Crippen LogP contribution < -0.4 is 0 Å². The van der Waals surface area contributed by atoms with Crippen LogP contribution in [0, 0.1) is 0 Å². The topological polar surface area (TPSA) is 35.1 Å². The van der Waals surface area contributed by atoms with Gasteiger partial charge in [0, 0.05) is 32.5 Å². The number of hydrogen-bond donors (Lipinski definition) is 0. The number of allylic oxidation sites excluding steroid dienone is 1. The molecule has 248 valence electrons. The van der Waals surface area contributed by atoms with E-state index in [0.29, 0.717) is 0 Å². The first-order valence-corrected chi connectivity index (χ1v) is 18.1. The summed E-state index contributed by atoms with van der Waals surface area (Å²) < 4.78 is 4.80. The highest BCUT2D eigenvalue weighted by molar-refractivity contribution is 6.33. The maximum Gasteiger partial charge on any atom is 0.165 e. The second-order valence-electron chi connectivity index (χ2n) is 13.8. The van der Waals surface area contributed by atoms with Crippen LogP contribution in [0.25, 0.3) is 111 Å². The monoisotopic (exact) mass is 676 g/mol. The molecule has 0 saturated carbocycles. The van der Waals surface area contributed by atoms with Crippen LogP contribution in [-0.4, -0.2) is 18.9 Å². The van der Waals surface area contributed by atoms with E-state index in [-0.39, 0.29) is 0 Å². The molecule has 4 heterocycles. The highest BCUT2D eigenvalue weighted by atomic mass is 15.1. The average Bonchev–Trinajstić information content (AvgIpc) is 3.69. The van der Waals surface area contributed by atoms with E-state index >= 15 is 0 Å². The van der Waals surface area contributed by atoms with Crippen molar-refractivity contribution in [3.05, 3.63) is 170 Å². The van der Waals surface area contributed by atoms with E-state index in [1.54, 1.807) is 0 Å². The maximum atomic E-state index is 5.41. The molecular formula is C49H32N4. The molecule has 7 aromatic carbocycles. The summed E-state index contributed by atoms with van der Waals surface area (Å²) in [5, 5.41) is 9.82. The third kappa shape index (κ3) is 4.18. The van der Waals surface area contributed by atoms with Gasteiger partial charge in [0.05, 0.1) is 39.0 Å². The molecule has 0 amide bonds. The Hall–Kier alpha value is -7.04. The van der Waals surface area contributed by atoms with Crippen LogP contribution in [-0.2, 0) is 0 Å². The summed E-state index contributed by atoms with van der Waals surface area (Å²) in [7, 11) is 0. The summed E-state index contributed by atoms with van der Waals surface area (Å²) in [5.41, 5.74) is 11.5. The van der Waals surface area contributed by atoms with Gasteiger partial charge < -0.3 is 4.40 Å². The largest absolute Gasteiger partial charge is 0.308 e. The first-order valence-electron chi connectivity index (χ1n) is 18.1. The van der Waals surface area contributed by atoms with E-state index in [1.165, 1.54) is 65.2 Å². The van der Waals surface area contributed by atoms with Crippen molar-refractivity contribution in [1.82, 2.24) is 18.9 Å². The predicted molar refractivity (Wildman–Crippen MR) is 224 cm³/mol. The fourth-order valence-corrected chi connectivity index (χ4v) is 8.62. The van der Waals surface area contributed by atoms with E-state index in [2.05, 4.69) is 161 Å². The molecule has 0 saturated heterocycles. The van der Waals surface area contributed by atoms with Crippen molar-refractivity contribution in [2.45, 2.75) is 6.92 Å². The number of para-hydroxylation sites is 2. The van der Waals surface area contributed by atoms with Gasteiger partial charge in [-0.1, -0.05) is 128 Å². The van der Waals surface area contributed by atoms with Crippen LogP contribution in [0.3, 0.4) is 0 Å². The molecule has 11 aromatic rings. The molecule has 4 nitrogen and oxygen atoms in total. The summed E-state index contributed by atoms with van der Waals surface area (Å²) in [6, 6.07) is 52.7. The van der Waals surface area contributed by atoms with Gasteiger partial charge in [-0.05, 0) is 76.7 Å². The van der Waals surface area contributed by atoms with Gasteiger partial charge in [-0.2, -0.15) is 0 Å². The molecule has 0 aliphatic carbocycles. The molecule has 0 fully saturated rings. The fraction of sp³-hybridized carbons (Fsp3) is 0.0204. The first kappa shape index (κ1) is 29.7. The van der Waals surface area contributed by atoms with Gasteiger partial charge in [0.1, 0.15) is 5.69 Å². The predicted octanol–water partition coefficient (Wildman–Crippen LogP) is 12.9. The zero-order chi connectivity index (χ0) is 35.2. The third-order valence-corrected chi connectivity index (χ3v) is 10.9. The fourth-order valence-electron chi connectivity index (χ4n) is 8.62. The minimum absolute atomic E-state index is 0.744. The van der Waals surface area contributed by atoms with Gasteiger partial charge in [-0.25, -0.2) is 9.97 Å². The molecule has 0 unspecified atom stereocenters. The molecule has 0 aliphatic rings. The second-order valence-corrected chi connectivity index (χ2v) is 13.8. The lowest BCUT2D eigenvalue weighted by Gasteiger charge is -2.15. The normalized spacial score (nSPS) is 12.2. The molecular weight excluding hydrogens is 645 g/mol. The van der Waals surface area contributed by atoms with Gasteiger partial charge >= 0.3 is 0 Å². The maximum absolute atomic E-state index is 5.41. The third-order valence-electron chi connectivity index (χ3n) is 10.9. The van der Waals surface area contributed by atoms with E-state index < -0.39 is 0 Å². The second kappa shape index (κ2) is 11.2. The molecule has 0 aliphatic heterocycles. The van der Waals surface area contributed by atoms with Crippen molar-refractivity contribution in [3.63, 3.8) is 0 Å². The zero-order valence-corrected chi connectivity index (χ0v) is 29.1. The van der Waals surface area contributed by atoms with Crippen LogP contribution >= 0.6 is 0 Å². The summed E-state index contributed by atoms with van der Waals surface area (Å²) >= 11 is 0. The molecule has 0 bridgehead atoms. The smallest absolute Gasteiger partial charge is 0.165 e. The summed E-state index contributed by atoms with van der Waals surface area (Å²) in [6.45, 7) is 6.18. The van der Waals surface area contributed by atoms with Gasteiger partial charge in [-0.15, -0.1) is 0 Å².